The van der Waals surface area contributed by atoms with Crippen molar-refractivity contribution in [2.24, 2.45) is 0 Å². The Hall–Kier alpha value is -2.73. The van der Waals surface area contributed by atoms with Gasteiger partial charge in [0, 0.05) is 30.3 Å². The molecule has 4 heterocycles. The number of amides is 1. The topological polar surface area (TPSA) is 57.2 Å². The molecule has 2 atom stereocenters. The molecule has 2 aromatic rings. The summed E-state index contributed by atoms with van der Waals surface area (Å²) in [7, 11) is 0. The second kappa shape index (κ2) is 6.14. The van der Waals surface area contributed by atoms with Gasteiger partial charge in [-0.1, -0.05) is 18.2 Å². The van der Waals surface area contributed by atoms with Crippen LogP contribution >= 0.6 is 0 Å². The summed E-state index contributed by atoms with van der Waals surface area (Å²) in [5, 5.41) is 0. The highest BCUT2D eigenvalue weighted by molar-refractivity contribution is 6.11. The maximum atomic E-state index is 14.2. The van der Waals surface area contributed by atoms with Crippen LogP contribution in [0.2, 0.25) is 0 Å². The van der Waals surface area contributed by atoms with E-state index >= 15 is 0 Å². The lowest BCUT2D eigenvalue weighted by Gasteiger charge is -2.43. The molecule has 4 aliphatic heterocycles. The molecule has 2 aromatic carbocycles. The minimum Gasteiger partial charge on any atom is -0.487 e. The van der Waals surface area contributed by atoms with Crippen molar-refractivity contribution in [1.82, 2.24) is 0 Å². The van der Waals surface area contributed by atoms with Gasteiger partial charge in [-0.2, -0.15) is 0 Å². The lowest BCUT2D eigenvalue weighted by Crippen LogP contribution is -2.51. The summed E-state index contributed by atoms with van der Waals surface area (Å²) in [5.74, 6) is 2.11. The van der Waals surface area contributed by atoms with Crippen molar-refractivity contribution in [3.05, 3.63) is 47.5 Å². The van der Waals surface area contributed by atoms with Gasteiger partial charge in [0.15, 0.2) is 11.5 Å². The fourth-order valence-electron chi connectivity index (χ4n) is 5.54. The zero-order valence-electron chi connectivity index (χ0n) is 17.3. The third-order valence-corrected chi connectivity index (χ3v) is 6.69. The predicted octanol–water partition coefficient (Wildman–Crippen LogP) is 3.79. The van der Waals surface area contributed by atoms with E-state index in [0.717, 1.165) is 36.3 Å². The molecule has 0 bridgehead atoms. The van der Waals surface area contributed by atoms with Gasteiger partial charge in [-0.05, 0) is 44.4 Å². The summed E-state index contributed by atoms with van der Waals surface area (Å²) in [5.41, 5.74) is 1.54. The fraction of sp³-hybridized carbons (Fsp3) is 0.458. The summed E-state index contributed by atoms with van der Waals surface area (Å²) in [6, 6.07) is 12.0. The largest absolute Gasteiger partial charge is 0.487 e. The number of nitrogens with zero attached hydrogens (tertiary/aromatic N) is 1. The third kappa shape index (κ3) is 2.43. The van der Waals surface area contributed by atoms with Gasteiger partial charge in [0.25, 0.3) is 0 Å². The van der Waals surface area contributed by atoms with E-state index in [0.29, 0.717) is 30.2 Å². The molecule has 2 unspecified atom stereocenters. The molecule has 4 aliphatic rings. The molecular formula is C24H25NO5. The van der Waals surface area contributed by atoms with Gasteiger partial charge in [-0.15, -0.1) is 0 Å². The summed E-state index contributed by atoms with van der Waals surface area (Å²) >= 11 is 0. The SMILES string of the molecule is CC1(C)CC2(C(=O)N(CC3CCCO3)c3ccccc32)c2cc3c(cc2O1)OCO3. The van der Waals surface area contributed by atoms with Crippen LogP contribution in [0.15, 0.2) is 36.4 Å². The first-order valence-electron chi connectivity index (χ1n) is 10.6. The first-order valence-corrected chi connectivity index (χ1v) is 10.6. The molecule has 156 valence electrons. The lowest BCUT2D eigenvalue weighted by atomic mass is 9.67. The minimum absolute atomic E-state index is 0.0845. The molecule has 1 amide bonds. The molecule has 1 fully saturated rings. The molecular weight excluding hydrogens is 382 g/mol. The van der Waals surface area contributed by atoms with Gasteiger partial charge < -0.3 is 23.8 Å². The molecule has 1 saturated heterocycles. The van der Waals surface area contributed by atoms with Crippen LogP contribution < -0.4 is 19.1 Å². The van der Waals surface area contributed by atoms with Gasteiger partial charge in [0.1, 0.15) is 16.8 Å². The molecule has 30 heavy (non-hydrogen) atoms. The van der Waals surface area contributed by atoms with Crippen LogP contribution in [0.25, 0.3) is 0 Å². The Morgan fingerprint density at radius 1 is 1.07 bits per heavy atom. The van der Waals surface area contributed by atoms with Crippen LogP contribution in [-0.2, 0) is 14.9 Å². The number of carbonyl (C=O) groups excluding carboxylic acids is 1. The number of para-hydroxylation sites is 1. The Morgan fingerprint density at radius 3 is 2.67 bits per heavy atom. The highest BCUT2D eigenvalue weighted by Crippen LogP contribution is 2.58. The van der Waals surface area contributed by atoms with E-state index in [9.17, 15) is 4.79 Å². The van der Waals surface area contributed by atoms with Crippen LogP contribution in [0.3, 0.4) is 0 Å². The molecule has 0 aromatic heterocycles. The fourth-order valence-corrected chi connectivity index (χ4v) is 5.54. The molecule has 1 spiro atoms. The van der Waals surface area contributed by atoms with Crippen molar-refractivity contribution < 1.29 is 23.7 Å². The van der Waals surface area contributed by atoms with Gasteiger partial charge in [0.2, 0.25) is 12.7 Å². The molecule has 6 heteroatoms. The van der Waals surface area contributed by atoms with Gasteiger partial charge >= 0.3 is 0 Å². The van der Waals surface area contributed by atoms with E-state index in [2.05, 4.69) is 6.07 Å². The third-order valence-electron chi connectivity index (χ3n) is 6.69. The number of benzene rings is 2. The zero-order chi connectivity index (χ0) is 20.5. The Bertz CT molecular complexity index is 1040. The van der Waals surface area contributed by atoms with Gasteiger partial charge in [0.05, 0.1) is 12.6 Å². The Balaban J connectivity index is 1.55. The van der Waals surface area contributed by atoms with Crippen molar-refractivity contribution in [2.45, 2.75) is 50.2 Å². The number of hydrogen-bond acceptors (Lipinski definition) is 5. The quantitative estimate of drug-likeness (QED) is 0.758. The summed E-state index contributed by atoms with van der Waals surface area (Å²) in [6.07, 6.45) is 2.68. The van der Waals surface area contributed by atoms with Crippen molar-refractivity contribution in [2.75, 3.05) is 24.8 Å². The zero-order valence-corrected chi connectivity index (χ0v) is 17.3. The van der Waals surface area contributed by atoms with E-state index in [-0.39, 0.29) is 18.8 Å². The number of anilines is 1. The Labute approximate surface area is 175 Å². The molecule has 0 radical (unpaired) electrons. The van der Waals surface area contributed by atoms with Crippen LogP contribution in [0.4, 0.5) is 5.69 Å². The number of carbonyl (C=O) groups is 1. The van der Waals surface area contributed by atoms with E-state index < -0.39 is 11.0 Å². The van der Waals surface area contributed by atoms with Gasteiger partial charge in [-0.3, -0.25) is 4.79 Å². The summed E-state index contributed by atoms with van der Waals surface area (Å²) in [6.45, 7) is 5.62. The Kier molecular flexibility index (Phi) is 3.70. The molecule has 0 N–H and O–H groups in total. The second-order valence-corrected chi connectivity index (χ2v) is 9.21. The predicted molar refractivity (Wildman–Crippen MR) is 110 cm³/mol. The normalized spacial score (nSPS) is 27.9. The van der Waals surface area contributed by atoms with Gasteiger partial charge in [-0.25, -0.2) is 0 Å². The van der Waals surface area contributed by atoms with Crippen molar-refractivity contribution in [3.63, 3.8) is 0 Å². The van der Waals surface area contributed by atoms with Crippen molar-refractivity contribution >= 4 is 11.6 Å². The van der Waals surface area contributed by atoms with Crippen molar-refractivity contribution in [1.29, 1.82) is 0 Å². The second-order valence-electron chi connectivity index (χ2n) is 9.21. The van der Waals surface area contributed by atoms with E-state index in [4.69, 9.17) is 18.9 Å². The highest BCUT2D eigenvalue weighted by atomic mass is 16.7. The first-order chi connectivity index (χ1) is 14.5. The van der Waals surface area contributed by atoms with Crippen LogP contribution in [0, 0.1) is 0 Å². The maximum absolute atomic E-state index is 14.2. The van der Waals surface area contributed by atoms with Crippen molar-refractivity contribution in [3.8, 4) is 17.2 Å². The molecule has 6 rings (SSSR count). The minimum atomic E-state index is -0.812. The standard InChI is InChI=1S/C24H25NO5/c1-23(2)13-24(17-10-20-21(29-14-28-20)11-19(17)30-23)16-7-3-4-8-18(16)25(22(24)26)12-15-6-5-9-27-15/h3-4,7-8,10-11,15H,5-6,9,12-14H2,1-2H3. The highest BCUT2D eigenvalue weighted by Gasteiger charge is 2.58. The summed E-state index contributed by atoms with van der Waals surface area (Å²) < 4.78 is 23.4. The van der Waals surface area contributed by atoms with E-state index in [1.165, 1.54) is 0 Å². The first kappa shape index (κ1) is 18.1. The molecule has 6 nitrogen and oxygen atoms in total. The summed E-state index contributed by atoms with van der Waals surface area (Å²) in [4.78, 5) is 16.2. The average Bonchev–Trinajstić information content (AvgIpc) is 3.43. The van der Waals surface area contributed by atoms with Crippen LogP contribution in [-0.4, -0.2) is 37.6 Å². The van der Waals surface area contributed by atoms with E-state index in [1.807, 2.05) is 49.1 Å². The number of ether oxygens (including phenoxy) is 4. The van der Waals surface area contributed by atoms with Crippen LogP contribution in [0.1, 0.15) is 44.2 Å². The molecule has 0 aliphatic carbocycles. The number of fused-ring (bicyclic) bond motifs is 5. The number of hydrogen-bond donors (Lipinski definition) is 0. The lowest BCUT2D eigenvalue weighted by molar-refractivity contribution is -0.124. The monoisotopic (exact) mass is 407 g/mol. The molecule has 0 saturated carbocycles. The maximum Gasteiger partial charge on any atom is 0.242 e. The smallest absolute Gasteiger partial charge is 0.242 e. The van der Waals surface area contributed by atoms with Crippen LogP contribution in [0.5, 0.6) is 17.2 Å². The van der Waals surface area contributed by atoms with E-state index in [1.54, 1.807) is 0 Å². The Morgan fingerprint density at radius 2 is 1.87 bits per heavy atom. The number of rotatable bonds is 2. The average molecular weight is 407 g/mol.